The molecule has 0 fully saturated rings. The molecule has 0 unspecified atom stereocenters. The molecule has 0 saturated carbocycles. The number of hydrogen-bond acceptors (Lipinski definition) is 1. The molecule has 18 heavy (non-hydrogen) atoms. The fraction of sp³-hybridized carbons (Fsp3) is 0.667. The lowest BCUT2D eigenvalue weighted by molar-refractivity contribution is 0.483. The quantitative estimate of drug-likeness (QED) is 0.765. The minimum absolute atomic E-state index is 0.131. The Hall–Kier alpha value is -0.760. The number of alkyl halides is 1. The zero-order valence-corrected chi connectivity index (χ0v) is 12.1. The minimum Gasteiger partial charge on any atom is -0.312 e. The Balaban J connectivity index is 2.43. The first-order valence-electron chi connectivity index (χ1n) is 6.94. The summed E-state index contributed by atoms with van der Waals surface area (Å²) in [4.78, 5) is 12.4. The highest BCUT2D eigenvalue weighted by molar-refractivity contribution is 6.17. The van der Waals surface area contributed by atoms with Crippen molar-refractivity contribution in [1.82, 2.24) is 4.57 Å². The Kier molecular flexibility index (Phi) is 4.50. The molecular weight excluding hydrogens is 246 g/mol. The average Bonchev–Trinajstić information content (AvgIpc) is 2.36. The van der Waals surface area contributed by atoms with E-state index >= 15 is 0 Å². The SMILES string of the molecule is CC(C)CCn1c2c(cc(CCl)c1=O)CCCC2. The van der Waals surface area contributed by atoms with E-state index in [1.165, 1.54) is 24.1 Å². The van der Waals surface area contributed by atoms with Gasteiger partial charge in [0, 0.05) is 17.8 Å². The molecule has 2 rings (SSSR count). The maximum absolute atomic E-state index is 12.4. The van der Waals surface area contributed by atoms with Crippen molar-refractivity contribution < 1.29 is 0 Å². The lowest BCUT2D eigenvalue weighted by Gasteiger charge is -2.22. The second kappa shape index (κ2) is 5.92. The molecule has 3 heteroatoms. The van der Waals surface area contributed by atoms with Crippen LogP contribution in [0, 0.1) is 5.92 Å². The number of pyridine rings is 1. The van der Waals surface area contributed by atoms with E-state index in [9.17, 15) is 4.79 Å². The Bertz CT molecular complexity index is 476. The highest BCUT2D eigenvalue weighted by atomic mass is 35.5. The molecular formula is C15H22ClNO. The van der Waals surface area contributed by atoms with Gasteiger partial charge in [-0.15, -0.1) is 11.6 Å². The standard InChI is InChI=1S/C15H22ClNO/c1-11(2)7-8-17-14-6-4-3-5-12(14)9-13(10-16)15(17)18/h9,11H,3-8,10H2,1-2H3. The molecule has 0 N–H and O–H groups in total. The van der Waals surface area contributed by atoms with Crippen molar-refractivity contribution in [2.24, 2.45) is 5.92 Å². The molecule has 0 aromatic carbocycles. The molecule has 1 aliphatic carbocycles. The van der Waals surface area contributed by atoms with Crippen LogP contribution in [0.4, 0.5) is 0 Å². The summed E-state index contributed by atoms with van der Waals surface area (Å²) in [5, 5.41) is 0. The van der Waals surface area contributed by atoms with Gasteiger partial charge in [0.25, 0.3) is 5.56 Å². The Morgan fingerprint density at radius 3 is 2.72 bits per heavy atom. The number of rotatable bonds is 4. The maximum atomic E-state index is 12.4. The second-order valence-electron chi connectivity index (χ2n) is 5.62. The molecule has 0 saturated heterocycles. The molecule has 1 heterocycles. The summed E-state index contributed by atoms with van der Waals surface area (Å²) >= 11 is 5.90. The molecule has 100 valence electrons. The normalized spacial score (nSPS) is 14.9. The van der Waals surface area contributed by atoms with E-state index in [1.54, 1.807) is 0 Å². The number of fused-ring (bicyclic) bond motifs is 1. The lowest BCUT2D eigenvalue weighted by atomic mass is 9.94. The van der Waals surface area contributed by atoms with E-state index in [-0.39, 0.29) is 5.56 Å². The summed E-state index contributed by atoms with van der Waals surface area (Å²) in [5.41, 5.74) is 3.51. The predicted molar refractivity (Wildman–Crippen MR) is 76.4 cm³/mol. The Morgan fingerprint density at radius 1 is 1.33 bits per heavy atom. The third kappa shape index (κ3) is 2.80. The van der Waals surface area contributed by atoms with E-state index < -0.39 is 0 Å². The molecule has 2 nitrogen and oxygen atoms in total. The van der Waals surface area contributed by atoms with Crippen LogP contribution in [0.1, 0.15) is 49.9 Å². The Morgan fingerprint density at radius 2 is 2.06 bits per heavy atom. The molecule has 0 spiro atoms. The van der Waals surface area contributed by atoms with Crippen LogP contribution in [-0.4, -0.2) is 4.57 Å². The van der Waals surface area contributed by atoms with E-state index in [1.807, 2.05) is 10.6 Å². The molecule has 0 atom stereocenters. The molecule has 0 aliphatic heterocycles. The van der Waals surface area contributed by atoms with Crippen molar-refractivity contribution in [2.45, 2.75) is 58.4 Å². The highest BCUT2D eigenvalue weighted by Gasteiger charge is 2.17. The fourth-order valence-corrected chi connectivity index (χ4v) is 2.86. The van der Waals surface area contributed by atoms with Crippen LogP contribution in [0.5, 0.6) is 0 Å². The van der Waals surface area contributed by atoms with Gasteiger partial charge in [-0.3, -0.25) is 4.79 Å². The van der Waals surface area contributed by atoms with Gasteiger partial charge in [0.15, 0.2) is 0 Å². The minimum atomic E-state index is 0.131. The van der Waals surface area contributed by atoms with E-state index in [4.69, 9.17) is 11.6 Å². The van der Waals surface area contributed by atoms with Crippen LogP contribution in [-0.2, 0) is 25.3 Å². The van der Waals surface area contributed by atoms with Crippen molar-refractivity contribution in [3.05, 3.63) is 33.2 Å². The first-order chi connectivity index (χ1) is 8.63. The van der Waals surface area contributed by atoms with Crippen LogP contribution >= 0.6 is 11.6 Å². The highest BCUT2D eigenvalue weighted by Crippen LogP contribution is 2.22. The molecule has 0 amide bonds. The second-order valence-corrected chi connectivity index (χ2v) is 5.89. The van der Waals surface area contributed by atoms with Gasteiger partial charge in [-0.25, -0.2) is 0 Å². The van der Waals surface area contributed by atoms with Crippen LogP contribution in [0.15, 0.2) is 10.9 Å². The smallest absolute Gasteiger partial charge is 0.255 e. The third-order valence-corrected chi connectivity index (χ3v) is 4.04. The summed E-state index contributed by atoms with van der Waals surface area (Å²) in [6.45, 7) is 5.23. The van der Waals surface area contributed by atoms with Crippen molar-refractivity contribution in [3.63, 3.8) is 0 Å². The summed E-state index contributed by atoms with van der Waals surface area (Å²) in [6, 6.07) is 2.04. The van der Waals surface area contributed by atoms with E-state index in [0.29, 0.717) is 11.8 Å². The van der Waals surface area contributed by atoms with Gasteiger partial charge in [0.1, 0.15) is 0 Å². The van der Waals surface area contributed by atoms with Crippen LogP contribution in [0.25, 0.3) is 0 Å². The maximum Gasteiger partial charge on any atom is 0.255 e. The van der Waals surface area contributed by atoms with Crippen LogP contribution < -0.4 is 5.56 Å². The first-order valence-corrected chi connectivity index (χ1v) is 7.47. The van der Waals surface area contributed by atoms with Gasteiger partial charge < -0.3 is 4.57 Å². The molecule has 1 aromatic rings. The topological polar surface area (TPSA) is 22.0 Å². The summed E-state index contributed by atoms with van der Waals surface area (Å²) in [6.07, 6.45) is 5.63. The van der Waals surface area contributed by atoms with Crippen molar-refractivity contribution in [3.8, 4) is 0 Å². The van der Waals surface area contributed by atoms with Crippen molar-refractivity contribution in [2.75, 3.05) is 0 Å². The summed E-state index contributed by atoms with van der Waals surface area (Å²) in [5.74, 6) is 0.948. The van der Waals surface area contributed by atoms with E-state index in [2.05, 4.69) is 13.8 Å². The zero-order chi connectivity index (χ0) is 13.1. The van der Waals surface area contributed by atoms with Crippen molar-refractivity contribution >= 4 is 11.6 Å². The number of aromatic nitrogens is 1. The van der Waals surface area contributed by atoms with Crippen LogP contribution in [0.3, 0.4) is 0 Å². The third-order valence-electron chi connectivity index (χ3n) is 3.75. The van der Waals surface area contributed by atoms with Gasteiger partial charge in [-0.05, 0) is 49.7 Å². The molecule has 0 radical (unpaired) electrons. The van der Waals surface area contributed by atoms with Gasteiger partial charge in [0.05, 0.1) is 5.88 Å². The van der Waals surface area contributed by atoms with E-state index in [0.717, 1.165) is 31.4 Å². The first kappa shape index (κ1) is 13.7. The van der Waals surface area contributed by atoms with Crippen molar-refractivity contribution in [1.29, 1.82) is 0 Å². The zero-order valence-electron chi connectivity index (χ0n) is 11.3. The van der Waals surface area contributed by atoms with Gasteiger partial charge >= 0.3 is 0 Å². The van der Waals surface area contributed by atoms with Gasteiger partial charge in [-0.1, -0.05) is 13.8 Å². The fourth-order valence-electron chi connectivity index (χ4n) is 2.66. The number of hydrogen-bond donors (Lipinski definition) is 0. The molecule has 1 aromatic heterocycles. The van der Waals surface area contributed by atoms with Crippen LogP contribution in [0.2, 0.25) is 0 Å². The monoisotopic (exact) mass is 267 g/mol. The molecule has 0 bridgehead atoms. The number of halogens is 1. The molecule has 1 aliphatic rings. The predicted octanol–water partition coefficient (Wildman–Crippen LogP) is 3.51. The number of nitrogens with zero attached hydrogens (tertiary/aromatic N) is 1. The number of aryl methyl sites for hydroxylation is 1. The average molecular weight is 268 g/mol. The lowest BCUT2D eigenvalue weighted by Crippen LogP contribution is -2.29. The summed E-state index contributed by atoms with van der Waals surface area (Å²) in [7, 11) is 0. The summed E-state index contributed by atoms with van der Waals surface area (Å²) < 4.78 is 1.99. The van der Waals surface area contributed by atoms with Gasteiger partial charge in [0.2, 0.25) is 0 Å². The van der Waals surface area contributed by atoms with Gasteiger partial charge in [-0.2, -0.15) is 0 Å². The largest absolute Gasteiger partial charge is 0.312 e. The Labute approximate surface area is 114 Å².